The predicted molar refractivity (Wildman–Crippen MR) is 487 cm³/mol. The molecule has 0 saturated heterocycles. The minimum Gasteiger partial charge on any atom is -0.481 e. The molecule has 0 aromatic heterocycles. The molecule has 656 valence electrons. The van der Waals surface area contributed by atoms with Gasteiger partial charge in [-0.25, -0.2) is 13.2 Å². The Morgan fingerprint density at radius 1 is 0.471 bits per heavy atom. The topological polar surface area (TPSA) is 179 Å². The van der Waals surface area contributed by atoms with Crippen molar-refractivity contribution in [3.63, 3.8) is 0 Å². The van der Waals surface area contributed by atoms with Crippen LogP contribution in [0.5, 0.6) is 0 Å². The van der Waals surface area contributed by atoms with E-state index >= 15 is 0 Å². The number of carboxylic acid groups (broad SMARTS) is 1. The summed E-state index contributed by atoms with van der Waals surface area (Å²) in [5.74, 6) is 2.54. The van der Waals surface area contributed by atoms with E-state index < -0.39 is 54.0 Å². The Hall–Kier alpha value is -5.93. The van der Waals surface area contributed by atoms with Crippen molar-refractivity contribution in [3.05, 3.63) is 237 Å². The first-order valence-electron chi connectivity index (χ1n) is 45.6. The average Bonchev–Trinajstić information content (AvgIpc) is 1.63. The maximum absolute atomic E-state index is 14.1. The zero-order valence-corrected chi connectivity index (χ0v) is 75.3. The molecule has 12 rings (SSSR count). The smallest absolute Gasteiger partial charge is 0.307 e. The number of hydrogen-bond acceptors (Lipinski definition) is 8. The quantitative estimate of drug-likeness (QED) is 0.0387. The molecule has 0 aromatic rings. The number of alkyl halides is 4. The van der Waals surface area contributed by atoms with Crippen LogP contribution in [-0.4, -0.2) is 113 Å². The van der Waals surface area contributed by atoms with E-state index in [9.17, 15) is 48.6 Å². The molecule has 20 unspecified atom stereocenters. The SMILES string of the molecule is C=C1/C(=C\C=C2/CCCC3(C)C(C(C)/C=C/CC(=O)O)=CCC23)CC(O)CC1F.C=C1/C(=C\C=C2/CCCC3(C)C(C(C)/C=C/CC(C)(C)O)=CCC23)CC(O)CC1F.C=C1/C(=C\C=C2/CCCC3(C)C(C(C)/C=C/CC(O)(CC)CC)=CCC23)CC(O)CC1Cl.C=C1/C(=C\C=C2/CCCC3(C)C(C(C)/C=C/CCO)=CCC23)CC(O)CC1F. The number of halogens is 4. The van der Waals surface area contributed by atoms with E-state index in [0.29, 0.717) is 103 Å². The van der Waals surface area contributed by atoms with E-state index in [2.05, 4.69) is 187 Å². The summed E-state index contributed by atoms with van der Waals surface area (Å²) in [7, 11) is 0. The predicted octanol–water partition coefficient (Wildman–Crippen LogP) is 25.1. The Labute approximate surface area is 720 Å². The van der Waals surface area contributed by atoms with Crippen LogP contribution in [0.25, 0.3) is 0 Å². The minimum absolute atomic E-state index is 0.0573. The molecule has 12 aliphatic carbocycles. The second-order valence-corrected chi connectivity index (χ2v) is 39.6. The highest BCUT2D eigenvalue weighted by Gasteiger charge is 2.50. The molecule has 20 atom stereocenters. The van der Waals surface area contributed by atoms with Crippen LogP contribution in [0.15, 0.2) is 237 Å². The minimum atomic E-state index is -1.15. The van der Waals surface area contributed by atoms with Gasteiger partial charge in [0, 0.05) is 25.9 Å². The Bertz CT molecular complexity index is 4140. The summed E-state index contributed by atoms with van der Waals surface area (Å²) in [5, 5.41) is 78.1. The molecule has 0 heterocycles. The van der Waals surface area contributed by atoms with E-state index in [4.69, 9.17) is 21.8 Å². The summed E-state index contributed by atoms with van der Waals surface area (Å²) in [6.07, 6.45) is 63.0. The number of rotatable bonds is 22. The highest BCUT2D eigenvalue weighted by Crippen LogP contribution is 2.61. The van der Waals surface area contributed by atoms with Gasteiger partial charge >= 0.3 is 5.97 Å². The number of aliphatic carboxylic acids is 1. The standard InChI is InChI=1S/C29H43ClO2.C27H39FO2.C25H33FO3.C25H35FO2/c1-6-29(32,7-2)17-8-10-20(3)25-14-15-26-22(11-9-16-28(25,26)5)12-13-23-18-24(31)19-27(30)21(23)4;1-18(8-6-14-26(3,4)30)23-12-13-24-20(9-7-15-27(23,24)5)10-11-21-16-22(29)17-25(28)19(21)2;1-16(6-4-8-24(28)29)21-11-12-22-18(7-5-13-25(21,22)3)9-10-19-14-20(27)15-23(26)17(19)2;1-17(7-4-5-14-27)22-11-12-23-19(8-6-13-25(22,23)3)9-10-20-15-21(28)16-24(26)18(20)2/h8,10,12-14,20,24,26-27,31-32H,4,6-7,9,11,15-19H2,1-3,5H3;6,8,10-12,18,22,24-25,29-30H,2,7,9,13-17H2,1,3-5H3;4,6,9-11,16,20,22-23,27H,2,5,7-8,12-15H2,1,3H3,(H,28,29);4,7,9-11,17,21,23-24,27-28H,2,5-6,8,12-16H2,1,3H3/b10-8+,22-12+,23-13-;8-6+,20-10+,21-11-;6-4+,18-9+,19-10-;7-4+,19-9+,20-10-. The third-order valence-corrected chi connectivity index (χ3v) is 30.5. The Morgan fingerprint density at radius 3 is 1.05 bits per heavy atom. The van der Waals surface area contributed by atoms with Crippen LogP contribution < -0.4 is 0 Å². The van der Waals surface area contributed by atoms with Crippen LogP contribution in [0.2, 0.25) is 0 Å². The summed E-state index contributed by atoms with van der Waals surface area (Å²) in [4.78, 5) is 10.8. The zero-order valence-electron chi connectivity index (χ0n) is 74.5. The Balaban J connectivity index is 0.000000181. The molecule has 0 amide bonds. The molecule has 8 fully saturated rings. The fourth-order valence-electron chi connectivity index (χ4n) is 22.7. The molecule has 0 spiro atoms. The van der Waals surface area contributed by atoms with Crippen molar-refractivity contribution in [2.75, 3.05) is 6.61 Å². The van der Waals surface area contributed by atoms with Gasteiger partial charge in [-0.2, -0.15) is 0 Å². The van der Waals surface area contributed by atoms with Gasteiger partial charge in [0.2, 0.25) is 0 Å². The monoisotopic (exact) mass is 1660 g/mol. The maximum Gasteiger partial charge on any atom is 0.307 e. The molecule has 9 nitrogen and oxygen atoms in total. The number of carbonyl (C=O) groups is 1. The second-order valence-electron chi connectivity index (χ2n) is 39.1. The van der Waals surface area contributed by atoms with Gasteiger partial charge in [-0.1, -0.05) is 262 Å². The van der Waals surface area contributed by atoms with E-state index in [1.54, 1.807) is 11.6 Å². The molecule has 119 heavy (non-hydrogen) atoms. The lowest BCUT2D eigenvalue weighted by Crippen LogP contribution is -2.32. The summed E-state index contributed by atoms with van der Waals surface area (Å²) < 4.78 is 42.2. The summed E-state index contributed by atoms with van der Waals surface area (Å²) in [5.41, 5.74) is 17.4. The van der Waals surface area contributed by atoms with E-state index in [0.717, 1.165) is 118 Å². The van der Waals surface area contributed by atoms with Crippen molar-refractivity contribution in [3.8, 4) is 0 Å². The van der Waals surface area contributed by atoms with Crippen molar-refractivity contribution < 1.29 is 58.8 Å². The molecular formula is C106H150ClF3O9. The van der Waals surface area contributed by atoms with Gasteiger partial charge in [-0.05, 0) is 294 Å². The van der Waals surface area contributed by atoms with Gasteiger partial charge in [-0.15, -0.1) is 11.6 Å². The molecule has 13 heteroatoms. The van der Waals surface area contributed by atoms with E-state index in [-0.39, 0.29) is 71.3 Å². The van der Waals surface area contributed by atoms with Gasteiger partial charge in [0.1, 0.15) is 18.5 Å². The molecular weight excluding hydrogens is 1510 g/mol. The molecule has 12 aliphatic rings. The van der Waals surface area contributed by atoms with Gasteiger partial charge < -0.3 is 40.9 Å². The maximum atomic E-state index is 14.1. The molecule has 0 aromatic carbocycles. The van der Waals surface area contributed by atoms with Crippen molar-refractivity contribution in [2.24, 2.45) is 69.0 Å². The number of aliphatic hydroxyl groups excluding tert-OH is 5. The van der Waals surface area contributed by atoms with Crippen LogP contribution in [0.4, 0.5) is 13.2 Å². The molecule has 0 radical (unpaired) electrons. The first kappa shape index (κ1) is 96.9. The third-order valence-electron chi connectivity index (χ3n) is 30.0. The van der Waals surface area contributed by atoms with Crippen molar-refractivity contribution in [1.29, 1.82) is 0 Å². The van der Waals surface area contributed by atoms with Crippen LogP contribution in [-0.2, 0) is 4.79 Å². The summed E-state index contributed by atoms with van der Waals surface area (Å²) in [6.45, 7) is 42.4. The largest absolute Gasteiger partial charge is 0.481 e. The number of hydrogen-bond donors (Lipinski definition) is 8. The number of allylic oxidation sites excluding steroid dienone is 28. The van der Waals surface area contributed by atoms with Gasteiger partial charge in [0.05, 0.1) is 47.4 Å². The summed E-state index contributed by atoms with van der Waals surface area (Å²) >= 11 is 6.38. The van der Waals surface area contributed by atoms with Crippen LogP contribution in [0.1, 0.15) is 276 Å². The molecule has 0 bridgehead atoms. The van der Waals surface area contributed by atoms with Crippen molar-refractivity contribution >= 4 is 17.6 Å². The van der Waals surface area contributed by atoms with E-state index in [1.807, 2.05) is 38.2 Å². The number of aliphatic hydroxyl groups is 7. The second kappa shape index (κ2) is 42.6. The fraction of sp³-hybridized carbons (Fsp3) is 0.613. The molecule has 8 N–H and O–H groups in total. The highest BCUT2D eigenvalue weighted by atomic mass is 35.5. The third kappa shape index (κ3) is 24.2. The first-order chi connectivity index (χ1) is 56.2. The zero-order chi connectivity index (χ0) is 87.1. The fourth-order valence-corrected chi connectivity index (χ4v) is 23.1. The number of fused-ring (bicyclic) bond motifs is 4. The number of carboxylic acids is 1. The van der Waals surface area contributed by atoms with Crippen molar-refractivity contribution in [1.82, 2.24) is 0 Å². The van der Waals surface area contributed by atoms with Crippen LogP contribution >= 0.6 is 11.6 Å². The van der Waals surface area contributed by atoms with Crippen LogP contribution in [0.3, 0.4) is 0 Å². The first-order valence-corrected chi connectivity index (χ1v) is 46.1. The lowest BCUT2D eigenvalue weighted by molar-refractivity contribution is -0.136. The lowest BCUT2D eigenvalue weighted by atomic mass is 9.62. The van der Waals surface area contributed by atoms with Crippen molar-refractivity contribution in [2.45, 2.75) is 335 Å². The molecule has 8 saturated carbocycles. The average molecular weight is 1660 g/mol. The highest BCUT2D eigenvalue weighted by molar-refractivity contribution is 6.22. The Kier molecular flexibility index (Phi) is 34.7. The normalized spacial score (nSPS) is 36.3. The molecule has 0 aliphatic heterocycles. The Morgan fingerprint density at radius 2 is 0.756 bits per heavy atom. The lowest BCUT2D eigenvalue weighted by Gasteiger charge is -2.42. The van der Waals surface area contributed by atoms with Gasteiger partial charge in [-0.3, -0.25) is 4.79 Å². The van der Waals surface area contributed by atoms with Gasteiger partial charge in [0.15, 0.2) is 0 Å². The summed E-state index contributed by atoms with van der Waals surface area (Å²) in [6, 6.07) is 0. The van der Waals surface area contributed by atoms with Gasteiger partial charge in [0.25, 0.3) is 0 Å². The van der Waals surface area contributed by atoms with Crippen LogP contribution in [0, 0.1) is 69.0 Å². The van der Waals surface area contributed by atoms with E-state index in [1.165, 1.54) is 71.1 Å².